The molecule has 1 aromatic carbocycles. The van der Waals surface area contributed by atoms with Gasteiger partial charge in [-0.15, -0.1) is 11.3 Å². The number of carboxylic acids is 1. The number of thiazole rings is 1. The highest BCUT2D eigenvalue weighted by molar-refractivity contribution is 7.07. The molecule has 19 heavy (non-hydrogen) atoms. The van der Waals surface area contributed by atoms with E-state index in [1.54, 1.807) is 36.1 Å². The van der Waals surface area contributed by atoms with Crippen LogP contribution in [-0.4, -0.2) is 29.7 Å². The van der Waals surface area contributed by atoms with E-state index >= 15 is 0 Å². The minimum absolute atomic E-state index is 0.235. The molecule has 0 amide bonds. The first-order valence-corrected chi connectivity index (χ1v) is 6.67. The minimum Gasteiger partial charge on any atom is -0.497 e. The fourth-order valence-corrected chi connectivity index (χ4v) is 2.26. The second-order valence-electron chi connectivity index (χ2n) is 3.87. The fourth-order valence-electron chi connectivity index (χ4n) is 1.67. The van der Waals surface area contributed by atoms with Gasteiger partial charge in [0.25, 0.3) is 0 Å². The standard InChI is InChI=1S/C13H14N2O3S/c1-18-10-2-3-11(13(16)17)12(6-10)14-5-4-9-7-19-8-15-9/h2-3,6-8,14H,4-5H2,1H3,(H,16,17). The van der Waals surface area contributed by atoms with Crippen molar-refractivity contribution in [3.05, 3.63) is 40.3 Å². The van der Waals surface area contributed by atoms with Crippen LogP contribution in [0, 0.1) is 0 Å². The largest absolute Gasteiger partial charge is 0.497 e. The topological polar surface area (TPSA) is 71.5 Å². The van der Waals surface area contributed by atoms with Gasteiger partial charge in [-0.1, -0.05) is 0 Å². The number of aromatic nitrogens is 1. The summed E-state index contributed by atoms with van der Waals surface area (Å²) in [6.45, 7) is 0.622. The minimum atomic E-state index is -0.959. The molecule has 2 aromatic rings. The Morgan fingerprint density at radius 1 is 1.53 bits per heavy atom. The molecule has 0 aliphatic rings. The average molecular weight is 278 g/mol. The molecule has 0 aliphatic carbocycles. The van der Waals surface area contributed by atoms with Crippen LogP contribution in [-0.2, 0) is 6.42 Å². The molecule has 0 radical (unpaired) electrons. The molecule has 0 atom stereocenters. The SMILES string of the molecule is COc1ccc(C(=O)O)c(NCCc2cscn2)c1. The van der Waals surface area contributed by atoms with E-state index < -0.39 is 5.97 Å². The molecule has 0 spiro atoms. The zero-order chi connectivity index (χ0) is 13.7. The van der Waals surface area contributed by atoms with Crippen LogP contribution in [0.4, 0.5) is 5.69 Å². The van der Waals surface area contributed by atoms with Crippen LogP contribution < -0.4 is 10.1 Å². The van der Waals surface area contributed by atoms with Gasteiger partial charge in [0.05, 0.1) is 29.6 Å². The van der Waals surface area contributed by atoms with Crippen molar-refractivity contribution < 1.29 is 14.6 Å². The van der Waals surface area contributed by atoms with Crippen molar-refractivity contribution in [3.63, 3.8) is 0 Å². The number of methoxy groups -OCH3 is 1. The highest BCUT2D eigenvalue weighted by Crippen LogP contribution is 2.22. The molecule has 0 saturated carbocycles. The molecule has 0 aliphatic heterocycles. The lowest BCUT2D eigenvalue weighted by molar-refractivity contribution is 0.0698. The monoisotopic (exact) mass is 278 g/mol. The third kappa shape index (κ3) is 3.45. The predicted octanol–water partition coefficient (Wildman–Crippen LogP) is 2.50. The third-order valence-electron chi connectivity index (χ3n) is 2.64. The lowest BCUT2D eigenvalue weighted by Crippen LogP contribution is -2.09. The van der Waals surface area contributed by atoms with E-state index in [0.29, 0.717) is 18.0 Å². The quantitative estimate of drug-likeness (QED) is 0.849. The average Bonchev–Trinajstić information content (AvgIpc) is 2.91. The predicted molar refractivity (Wildman–Crippen MR) is 74.3 cm³/mol. The normalized spacial score (nSPS) is 10.2. The van der Waals surface area contributed by atoms with Gasteiger partial charge in [0, 0.05) is 24.4 Å². The molecule has 0 bridgehead atoms. The third-order valence-corrected chi connectivity index (χ3v) is 3.27. The summed E-state index contributed by atoms with van der Waals surface area (Å²) in [4.78, 5) is 15.3. The number of aromatic carboxylic acids is 1. The Kier molecular flexibility index (Phi) is 4.35. The Morgan fingerprint density at radius 3 is 3.00 bits per heavy atom. The number of anilines is 1. The number of carboxylic acid groups (broad SMARTS) is 1. The Balaban J connectivity index is 2.06. The molecule has 100 valence electrons. The van der Waals surface area contributed by atoms with Crippen LogP contribution in [0.2, 0.25) is 0 Å². The number of rotatable bonds is 6. The van der Waals surface area contributed by atoms with Gasteiger partial charge in [0.15, 0.2) is 0 Å². The molecule has 2 rings (SSSR count). The summed E-state index contributed by atoms with van der Waals surface area (Å²) < 4.78 is 5.10. The molecule has 0 unspecified atom stereocenters. The van der Waals surface area contributed by atoms with Crippen LogP contribution in [0.1, 0.15) is 16.1 Å². The Labute approximate surface area is 114 Å². The van der Waals surface area contributed by atoms with E-state index in [0.717, 1.165) is 12.1 Å². The summed E-state index contributed by atoms with van der Waals surface area (Å²) in [7, 11) is 1.55. The van der Waals surface area contributed by atoms with Gasteiger partial charge in [0.1, 0.15) is 5.75 Å². The van der Waals surface area contributed by atoms with Crippen LogP contribution in [0.3, 0.4) is 0 Å². The van der Waals surface area contributed by atoms with Crippen LogP contribution in [0.15, 0.2) is 29.1 Å². The summed E-state index contributed by atoms with van der Waals surface area (Å²) in [5.74, 6) is -0.333. The van der Waals surface area contributed by atoms with E-state index in [2.05, 4.69) is 10.3 Å². The van der Waals surface area contributed by atoms with Crippen molar-refractivity contribution in [1.29, 1.82) is 0 Å². The molecule has 2 N–H and O–H groups in total. The number of benzene rings is 1. The Morgan fingerprint density at radius 2 is 2.37 bits per heavy atom. The van der Waals surface area contributed by atoms with E-state index in [-0.39, 0.29) is 5.56 Å². The molecule has 6 heteroatoms. The number of ether oxygens (including phenoxy) is 1. The van der Waals surface area contributed by atoms with Crippen molar-refractivity contribution in [2.45, 2.75) is 6.42 Å². The maximum Gasteiger partial charge on any atom is 0.337 e. The van der Waals surface area contributed by atoms with E-state index in [4.69, 9.17) is 9.84 Å². The lowest BCUT2D eigenvalue weighted by atomic mass is 10.1. The molecular weight excluding hydrogens is 264 g/mol. The summed E-state index contributed by atoms with van der Waals surface area (Å²) in [6.07, 6.45) is 0.750. The second kappa shape index (κ2) is 6.19. The summed E-state index contributed by atoms with van der Waals surface area (Å²) in [5, 5.41) is 14.2. The van der Waals surface area contributed by atoms with Crippen molar-refractivity contribution in [1.82, 2.24) is 4.98 Å². The zero-order valence-electron chi connectivity index (χ0n) is 10.4. The first-order valence-electron chi connectivity index (χ1n) is 5.73. The van der Waals surface area contributed by atoms with E-state index in [1.165, 1.54) is 6.07 Å². The zero-order valence-corrected chi connectivity index (χ0v) is 11.2. The Bertz CT molecular complexity index is 555. The first-order chi connectivity index (χ1) is 9.20. The fraction of sp³-hybridized carbons (Fsp3) is 0.231. The number of hydrogen-bond acceptors (Lipinski definition) is 5. The smallest absolute Gasteiger partial charge is 0.337 e. The van der Waals surface area contributed by atoms with Crippen LogP contribution >= 0.6 is 11.3 Å². The molecule has 0 fully saturated rings. The Hall–Kier alpha value is -2.08. The maximum absolute atomic E-state index is 11.1. The molecule has 1 aromatic heterocycles. The van der Waals surface area contributed by atoms with E-state index in [1.807, 2.05) is 5.38 Å². The van der Waals surface area contributed by atoms with Crippen molar-refractivity contribution in [2.75, 3.05) is 19.0 Å². The van der Waals surface area contributed by atoms with Gasteiger partial charge in [0.2, 0.25) is 0 Å². The number of nitrogens with one attached hydrogen (secondary N) is 1. The highest BCUT2D eigenvalue weighted by Gasteiger charge is 2.10. The molecule has 5 nitrogen and oxygen atoms in total. The van der Waals surface area contributed by atoms with Crippen molar-refractivity contribution >= 4 is 23.0 Å². The van der Waals surface area contributed by atoms with E-state index in [9.17, 15) is 4.79 Å². The second-order valence-corrected chi connectivity index (χ2v) is 4.59. The number of carbonyl (C=O) groups is 1. The number of hydrogen-bond donors (Lipinski definition) is 2. The van der Waals surface area contributed by atoms with Gasteiger partial charge < -0.3 is 15.2 Å². The lowest BCUT2D eigenvalue weighted by Gasteiger charge is -2.10. The summed E-state index contributed by atoms with van der Waals surface area (Å²) in [5.41, 5.74) is 3.57. The summed E-state index contributed by atoms with van der Waals surface area (Å²) in [6, 6.07) is 4.85. The van der Waals surface area contributed by atoms with Crippen molar-refractivity contribution in [3.8, 4) is 5.75 Å². The number of nitrogens with zero attached hydrogens (tertiary/aromatic N) is 1. The summed E-state index contributed by atoms with van der Waals surface area (Å²) >= 11 is 1.55. The molecular formula is C13H14N2O3S. The highest BCUT2D eigenvalue weighted by atomic mass is 32.1. The van der Waals surface area contributed by atoms with Crippen molar-refractivity contribution in [2.24, 2.45) is 0 Å². The maximum atomic E-state index is 11.1. The van der Waals surface area contributed by atoms with Crippen LogP contribution in [0.25, 0.3) is 0 Å². The van der Waals surface area contributed by atoms with Gasteiger partial charge in [-0.05, 0) is 12.1 Å². The molecule has 1 heterocycles. The molecule has 0 saturated heterocycles. The van der Waals surface area contributed by atoms with Gasteiger partial charge in [-0.3, -0.25) is 0 Å². The van der Waals surface area contributed by atoms with Gasteiger partial charge in [-0.25, -0.2) is 9.78 Å². The van der Waals surface area contributed by atoms with Crippen LogP contribution in [0.5, 0.6) is 5.75 Å². The van der Waals surface area contributed by atoms with Gasteiger partial charge >= 0.3 is 5.97 Å². The van der Waals surface area contributed by atoms with Gasteiger partial charge in [-0.2, -0.15) is 0 Å². The first kappa shape index (κ1) is 13.4.